The molecule has 1 aliphatic heterocycles. The van der Waals surface area contributed by atoms with E-state index in [9.17, 15) is 14.3 Å². The molecule has 0 saturated carbocycles. The first-order chi connectivity index (χ1) is 15.1. The second-order valence-corrected chi connectivity index (χ2v) is 8.43. The Bertz CT molecular complexity index is 1240. The Morgan fingerprint density at radius 2 is 2.12 bits per heavy atom. The first-order valence-electron chi connectivity index (χ1n) is 9.90. The molecular formula is C23H22ClFN4O3. The third-order valence-corrected chi connectivity index (χ3v) is 6.43. The van der Waals surface area contributed by atoms with E-state index in [1.807, 2.05) is 0 Å². The normalized spacial score (nSPS) is 19.2. The van der Waals surface area contributed by atoms with Crippen LogP contribution in [0.2, 0.25) is 5.02 Å². The van der Waals surface area contributed by atoms with Gasteiger partial charge >= 0.3 is 0 Å². The molecule has 1 aliphatic rings. The number of pyridine rings is 2. The first kappa shape index (κ1) is 22.1. The number of fused-ring (bicyclic) bond motifs is 1. The zero-order valence-electron chi connectivity index (χ0n) is 17.5. The molecule has 0 spiro atoms. The summed E-state index contributed by atoms with van der Waals surface area (Å²) in [7, 11) is 0. The highest BCUT2D eigenvalue weighted by Gasteiger charge is 2.45. The van der Waals surface area contributed by atoms with Gasteiger partial charge in [0.25, 0.3) is 0 Å². The van der Waals surface area contributed by atoms with Gasteiger partial charge in [0.1, 0.15) is 34.9 Å². The minimum absolute atomic E-state index is 0.00148. The molecule has 7 nitrogen and oxygen atoms in total. The molecule has 32 heavy (non-hydrogen) atoms. The van der Waals surface area contributed by atoms with Crippen molar-refractivity contribution in [3.05, 3.63) is 75.9 Å². The van der Waals surface area contributed by atoms with Gasteiger partial charge in [-0.15, -0.1) is 0 Å². The van der Waals surface area contributed by atoms with Gasteiger partial charge in [-0.3, -0.25) is 9.78 Å². The van der Waals surface area contributed by atoms with Crippen LogP contribution in [0.15, 0.2) is 42.6 Å². The maximum Gasteiger partial charge on any atom is 0.231 e. The number of aromatic nitrogens is 2. The van der Waals surface area contributed by atoms with Crippen LogP contribution in [0, 0.1) is 12.7 Å². The number of halogens is 2. The van der Waals surface area contributed by atoms with Crippen molar-refractivity contribution in [3.8, 4) is 17.0 Å². The number of carbonyl (C=O) groups excluding carboxylic acids is 1. The summed E-state index contributed by atoms with van der Waals surface area (Å²) in [6.07, 6.45) is 1.57. The Hall–Kier alpha value is -3.07. The molecule has 1 aromatic carbocycles. The average molecular weight is 457 g/mol. The molecule has 4 rings (SSSR count). The lowest BCUT2D eigenvalue weighted by molar-refractivity contribution is -0.123. The zero-order valence-corrected chi connectivity index (χ0v) is 18.3. The lowest BCUT2D eigenvalue weighted by Crippen LogP contribution is -2.41. The molecule has 0 aliphatic carbocycles. The Balaban J connectivity index is 2.05. The highest BCUT2D eigenvalue weighted by molar-refractivity contribution is 6.33. The molecule has 3 heterocycles. The lowest BCUT2D eigenvalue weighted by Gasteiger charge is -2.29. The molecule has 166 valence electrons. The standard InChI is InChI=1S/C23H22ClFN4O3/c1-12-18(24)15(6-7-28-12)19-20-16(22(2,11-32-20)21(27)30)9-17(29-19)23(31,10-26)13-4-3-5-14(25)8-13/h3-9,31H,10-11,26H2,1-2H3,(H2,27,30)/t22-,23+/m0/s1. The molecule has 0 unspecified atom stereocenters. The third-order valence-electron chi connectivity index (χ3n) is 5.96. The summed E-state index contributed by atoms with van der Waals surface area (Å²) in [5, 5.41) is 11.9. The van der Waals surface area contributed by atoms with E-state index in [0.717, 1.165) is 0 Å². The van der Waals surface area contributed by atoms with Crippen LogP contribution in [0.3, 0.4) is 0 Å². The number of nitrogens with zero attached hydrogens (tertiary/aromatic N) is 2. The van der Waals surface area contributed by atoms with Crippen LogP contribution in [-0.2, 0) is 15.8 Å². The fraction of sp³-hybridized carbons (Fsp3) is 0.261. The summed E-state index contributed by atoms with van der Waals surface area (Å²) in [6, 6.07) is 8.68. The average Bonchev–Trinajstić information content (AvgIpc) is 3.13. The van der Waals surface area contributed by atoms with Crippen molar-refractivity contribution in [1.82, 2.24) is 9.97 Å². The van der Waals surface area contributed by atoms with E-state index in [0.29, 0.717) is 33.3 Å². The van der Waals surface area contributed by atoms with Crippen LogP contribution < -0.4 is 16.2 Å². The van der Waals surface area contributed by atoms with Crippen LogP contribution in [0.25, 0.3) is 11.3 Å². The molecule has 0 fully saturated rings. The topological polar surface area (TPSA) is 124 Å². The molecular weight excluding hydrogens is 435 g/mol. The molecule has 2 aromatic heterocycles. The van der Waals surface area contributed by atoms with Crippen LogP contribution >= 0.6 is 11.6 Å². The summed E-state index contributed by atoms with van der Waals surface area (Å²) in [5.74, 6) is -0.798. The van der Waals surface area contributed by atoms with E-state index < -0.39 is 22.7 Å². The zero-order chi connectivity index (χ0) is 23.3. The van der Waals surface area contributed by atoms with E-state index >= 15 is 0 Å². The van der Waals surface area contributed by atoms with E-state index in [-0.39, 0.29) is 24.4 Å². The van der Waals surface area contributed by atoms with Crippen molar-refractivity contribution < 1.29 is 19.0 Å². The Kier molecular flexibility index (Phi) is 5.40. The molecule has 0 radical (unpaired) electrons. The van der Waals surface area contributed by atoms with Gasteiger partial charge in [-0.2, -0.15) is 0 Å². The van der Waals surface area contributed by atoms with Crippen molar-refractivity contribution >= 4 is 17.5 Å². The van der Waals surface area contributed by atoms with Crippen LogP contribution in [-0.4, -0.2) is 34.1 Å². The monoisotopic (exact) mass is 456 g/mol. The second-order valence-electron chi connectivity index (χ2n) is 8.05. The number of amides is 1. The smallest absolute Gasteiger partial charge is 0.231 e. The summed E-state index contributed by atoms with van der Waals surface area (Å²) >= 11 is 6.51. The number of rotatable bonds is 5. The maximum atomic E-state index is 14.0. The summed E-state index contributed by atoms with van der Waals surface area (Å²) < 4.78 is 19.8. The quantitative estimate of drug-likeness (QED) is 0.542. The van der Waals surface area contributed by atoms with Crippen molar-refractivity contribution in [1.29, 1.82) is 0 Å². The van der Waals surface area contributed by atoms with E-state index in [1.54, 1.807) is 32.2 Å². The number of nitrogens with two attached hydrogens (primary N) is 2. The first-order valence-corrected chi connectivity index (χ1v) is 10.3. The van der Waals surface area contributed by atoms with E-state index in [4.69, 9.17) is 27.8 Å². The molecule has 2 atom stereocenters. The Labute approximate surface area is 189 Å². The van der Waals surface area contributed by atoms with Crippen molar-refractivity contribution in [3.63, 3.8) is 0 Å². The number of hydrogen-bond donors (Lipinski definition) is 3. The number of aliphatic hydroxyl groups is 1. The minimum Gasteiger partial charge on any atom is -0.489 e. The Morgan fingerprint density at radius 3 is 2.78 bits per heavy atom. The van der Waals surface area contributed by atoms with Gasteiger partial charge in [0.05, 0.1) is 16.4 Å². The molecule has 1 amide bonds. The van der Waals surface area contributed by atoms with Crippen LogP contribution in [0.5, 0.6) is 5.75 Å². The highest BCUT2D eigenvalue weighted by Crippen LogP contribution is 2.47. The number of ether oxygens (including phenoxy) is 1. The molecule has 5 N–H and O–H groups in total. The van der Waals surface area contributed by atoms with Gasteiger partial charge < -0.3 is 21.3 Å². The van der Waals surface area contributed by atoms with Gasteiger partial charge in [-0.1, -0.05) is 23.7 Å². The number of benzene rings is 1. The second kappa shape index (κ2) is 7.81. The van der Waals surface area contributed by atoms with Crippen molar-refractivity contribution in [2.24, 2.45) is 11.5 Å². The van der Waals surface area contributed by atoms with Gasteiger partial charge in [-0.25, -0.2) is 9.37 Å². The predicted molar refractivity (Wildman–Crippen MR) is 118 cm³/mol. The minimum atomic E-state index is -1.85. The highest BCUT2D eigenvalue weighted by atomic mass is 35.5. The van der Waals surface area contributed by atoms with Gasteiger partial charge in [0.15, 0.2) is 0 Å². The molecule has 3 aromatic rings. The SMILES string of the molecule is Cc1nccc(-c2nc([C@@](O)(CN)c3cccc(F)c3)cc3c2OC[C@]3(C)C(N)=O)c1Cl. The van der Waals surface area contributed by atoms with Crippen LogP contribution in [0.4, 0.5) is 4.39 Å². The van der Waals surface area contributed by atoms with Crippen LogP contribution in [0.1, 0.15) is 29.4 Å². The molecule has 9 heteroatoms. The number of aryl methyl sites for hydroxylation is 1. The predicted octanol–water partition coefficient (Wildman–Crippen LogP) is 2.57. The van der Waals surface area contributed by atoms with E-state index in [1.165, 1.54) is 24.3 Å². The summed E-state index contributed by atoms with van der Waals surface area (Å²) in [5.41, 5.74) is 10.8. The number of carbonyl (C=O) groups is 1. The molecule has 0 saturated heterocycles. The van der Waals surface area contributed by atoms with Gasteiger partial charge in [-0.05, 0) is 43.7 Å². The largest absolute Gasteiger partial charge is 0.489 e. The van der Waals surface area contributed by atoms with Crippen molar-refractivity contribution in [2.75, 3.05) is 13.2 Å². The fourth-order valence-corrected chi connectivity index (χ4v) is 4.03. The summed E-state index contributed by atoms with van der Waals surface area (Å²) in [6.45, 7) is 3.10. The van der Waals surface area contributed by atoms with Gasteiger partial charge in [0.2, 0.25) is 5.91 Å². The third kappa shape index (κ3) is 3.31. The number of primary amides is 1. The van der Waals surface area contributed by atoms with E-state index in [2.05, 4.69) is 9.97 Å². The fourth-order valence-electron chi connectivity index (χ4n) is 3.83. The maximum absolute atomic E-state index is 14.0. The number of hydrogen-bond acceptors (Lipinski definition) is 6. The van der Waals surface area contributed by atoms with Crippen molar-refractivity contribution in [2.45, 2.75) is 24.9 Å². The lowest BCUT2D eigenvalue weighted by atomic mass is 9.81. The Morgan fingerprint density at radius 1 is 1.38 bits per heavy atom. The summed E-state index contributed by atoms with van der Waals surface area (Å²) in [4.78, 5) is 21.2. The van der Waals surface area contributed by atoms with Gasteiger partial charge in [0, 0.05) is 23.9 Å². The molecule has 0 bridgehead atoms.